The van der Waals surface area contributed by atoms with E-state index >= 15 is 0 Å². The normalized spacial score (nSPS) is 32.1. The van der Waals surface area contributed by atoms with Gasteiger partial charge in [0, 0.05) is 17.3 Å². The number of carbonyl (C=O) groups is 3. The maximum atomic E-state index is 14.4. The minimum atomic E-state index is -1.23. The summed E-state index contributed by atoms with van der Waals surface area (Å²) in [7, 11) is 0. The van der Waals surface area contributed by atoms with Gasteiger partial charge >= 0.3 is 5.97 Å². The Hall–Kier alpha value is -2.68. The van der Waals surface area contributed by atoms with Crippen LogP contribution in [0.5, 0.6) is 0 Å². The average molecular weight is 545 g/mol. The van der Waals surface area contributed by atoms with Crippen LogP contribution in [0.25, 0.3) is 0 Å². The fraction of sp³-hybridized carbons (Fsp3) is 0.552. The molecule has 2 bridgehead atoms. The summed E-state index contributed by atoms with van der Waals surface area (Å²) >= 11 is 6.08. The Morgan fingerprint density at radius 2 is 2.00 bits per heavy atom. The van der Waals surface area contributed by atoms with E-state index in [1.807, 2.05) is 13.8 Å². The highest BCUT2D eigenvalue weighted by Crippen LogP contribution is 2.65. The second-order valence-electron chi connectivity index (χ2n) is 10.8. The molecule has 4 rings (SSSR count). The monoisotopic (exact) mass is 544 g/mol. The summed E-state index contributed by atoms with van der Waals surface area (Å²) in [6.07, 6.45) is 5.13. The second kappa shape index (κ2) is 10.8. The molecule has 3 aliphatic heterocycles. The van der Waals surface area contributed by atoms with Gasteiger partial charge in [-0.3, -0.25) is 14.4 Å². The first kappa shape index (κ1) is 28.3. The lowest BCUT2D eigenvalue weighted by molar-refractivity contribution is -0.162. The molecule has 0 aliphatic carbocycles. The van der Waals surface area contributed by atoms with Crippen molar-refractivity contribution in [2.45, 2.75) is 63.3 Å². The molecule has 1 spiro atoms. The zero-order valence-electron chi connectivity index (χ0n) is 22.3. The number of halogens is 1. The van der Waals surface area contributed by atoms with Crippen LogP contribution in [-0.4, -0.2) is 70.8 Å². The number of aliphatic hydroxyl groups is 1. The van der Waals surface area contributed by atoms with Gasteiger partial charge in [-0.2, -0.15) is 0 Å². The first-order valence-corrected chi connectivity index (χ1v) is 13.5. The van der Waals surface area contributed by atoms with E-state index in [0.29, 0.717) is 30.0 Å². The Morgan fingerprint density at radius 3 is 2.61 bits per heavy atom. The number of likely N-dealkylation sites (tertiary alicyclic amines) is 1. The zero-order chi connectivity index (χ0) is 27.8. The molecule has 3 fully saturated rings. The van der Waals surface area contributed by atoms with Gasteiger partial charge in [-0.25, -0.2) is 0 Å². The van der Waals surface area contributed by atoms with Gasteiger partial charge in [-0.05, 0) is 63.3 Å². The van der Waals surface area contributed by atoms with Crippen LogP contribution in [0.4, 0.5) is 5.69 Å². The number of nitrogens with zero attached hydrogens (tertiary/aromatic N) is 2. The predicted octanol–water partition coefficient (Wildman–Crippen LogP) is 3.76. The standard InChI is InChI=1S/C29H37ClN2O6/c1-6-8-9-15-37-27(36)23-22-25(34)32(19(4)17-33)24(29(22)16-18(3)28(23,5)38-29)26(35)31(14-7-2)21-12-10-20(30)11-13-21/h6-7,10-13,18-19,22-24,33H,1-2,8-9,14-17H2,3-5H3/t18?,19-,22+,23-,24?,28+,29?/m1/s1. The molecule has 8 nitrogen and oxygen atoms in total. The van der Waals surface area contributed by atoms with Gasteiger partial charge in [0.05, 0.1) is 30.8 Å². The molecular weight excluding hydrogens is 508 g/mol. The lowest BCUT2D eigenvalue weighted by Crippen LogP contribution is -2.58. The fourth-order valence-corrected chi connectivity index (χ4v) is 6.71. The Morgan fingerprint density at radius 1 is 1.32 bits per heavy atom. The Kier molecular flexibility index (Phi) is 8.07. The van der Waals surface area contributed by atoms with Crippen molar-refractivity contribution in [3.8, 4) is 0 Å². The van der Waals surface area contributed by atoms with Crippen LogP contribution in [-0.2, 0) is 23.9 Å². The van der Waals surface area contributed by atoms with E-state index in [1.54, 1.807) is 48.2 Å². The Bertz CT molecular complexity index is 1110. The first-order chi connectivity index (χ1) is 18.1. The zero-order valence-corrected chi connectivity index (χ0v) is 23.0. The van der Waals surface area contributed by atoms with Gasteiger partial charge < -0.3 is 24.4 Å². The number of ether oxygens (including phenoxy) is 2. The summed E-state index contributed by atoms with van der Waals surface area (Å²) in [4.78, 5) is 45.0. The number of anilines is 1. The number of unbranched alkanes of at least 4 members (excludes halogenated alkanes) is 1. The minimum absolute atomic E-state index is 0.111. The number of carbonyl (C=O) groups excluding carboxylic acids is 3. The Balaban J connectivity index is 1.78. The number of benzene rings is 1. The molecule has 1 N–H and O–H groups in total. The molecule has 3 saturated heterocycles. The highest BCUT2D eigenvalue weighted by molar-refractivity contribution is 6.30. The largest absolute Gasteiger partial charge is 0.465 e. The molecule has 3 aliphatic rings. The van der Waals surface area contributed by atoms with Crippen molar-refractivity contribution in [1.29, 1.82) is 0 Å². The van der Waals surface area contributed by atoms with Crippen LogP contribution in [0.1, 0.15) is 40.0 Å². The maximum Gasteiger partial charge on any atom is 0.312 e. The summed E-state index contributed by atoms with van der Waals surface area (Å²) < 4.78 is 12.3. The van der Waals surface area contributed by atoms with Crippen molar-refractivity contribution in [3.63, 3.8) is 0 Å². The highest BCUT2D eigenvalue weighted by Gasteiger charge is 2.80. The number of hydrogen-bond donors (Lipinski definition) is 1. The number of rotatable bonds is 11. The first-order valence-electron chi connectivity index (χ1n) is 13.2. The molecule has 7 atom stereocenters. The lowest BCUT2D eigenvalue weighted by atomic mass is 9.62. The van der Waals surface area contributed by atoms with Crippen LogP contribution >= 0.6 is 11.6 Å². The number of fused-ring (bicyclic) bond motifs is 1. The molecule has 0 radical (unpaired) electrons. The van der Waals surface area contributed by atoms with Crippen molar-refractivity contribution in [1.82, 2.24) is 4.90 Å². The van der Waals surface area contributed by atoms with Crippen LogP contribution in [0.2, 0.25) is 5.02 Å². The van der Waals surface area contributed by atoms with Crippen molar-refractivity contribution in [2.24, 2.45) is 17.8 Å². The smallest absolute Gasteiger partial charge is 0.312 e. The van der Waals surface area contributed by atoms with Crippen molar-refractivity contribution < 1.29 is 29.0 Å². The maximum absolute atomic E-state index is 14.4. The van der Waals surface area contributed by atoms with E-state index < -0.39 is 41.1 Å². The van der Waals surface area contributed by atoms with E-state index in [4.69, 9.17) is 21.1 Å². The molecule has 0 aromatic heterocycles. The van der Waals surface area contributed by atoms with Gasteiger partial charge in [0.25, 0.3) is 5.91 Å². The van der Waals surface area contributed by atoms with E-state index in [-0.39, 0.29) is 37.5 Å². The third-order valence-electron chi connectivity index (χ3n) is 8.49. The second-order valence-corrected chi connectivity index (χ2v) is 11.2. The summed E-state index contributed by atoms with van der Waals surface area (Å²) in [5, 5.41) is 10.6. The van der Waals surface area contributed by atoms with Crippen molar-refractivity contribution in [3.05, 3.63) is 54.6 Å². The SMILES string of the molecule is C=CCCCOC(=O)[C@H]1[C@H]2C(=O)N([C@H](C)CO)C(C(=O)N(CC=C)c3ccc(Cl)cc3)C23CC(C)[C@]1(C)O3. The molecular formula is C29H37ClN2O6. The van der Waals surface area contributed by atoms with Crippen LogP contribution in [0.15, 0.2) is 49.6 Å². The van der Waals surface area contributed by atoms with Gasteiger partial charge in [-0.15, -0.1) is 13.2 Å². The number of allylic oxidation sites excluding steroid dienone is 1. The Labute approximate surface area is 229 Å². The fourth-order valence-electron chi connectivity index (χ4n) is 6.59. The number of aliphatic hydroxyl groups excluding tert-OH is 1. The van der Waals surface area contributed by atoms with Gasteiger partial charge in [0.15, 0.2) is 0 Å². The van der Waals surface area contributed by atoms with Gasteiger partial charge in [0.1, 0.15) is 17.6 Å². The van der Waals surface area contributed by atoms with E-state index in [0.717, 1.165) is 0 Å². The van der Waals surface area contributed by atoms with E-state index in [9.17, 15) is 19.5 Å². The summed E-state index contributed by atoms with van der Waals surface area (Å²) in [6, 6.07) is 5.14. The number of esters is 1. The van der Waals surface area contributed by atoms with Crippen molar-refractivity contribution >= 4 is 35.1 Å². The van der Waals surface area contributed by atoms with Gasteiger partial charge in [-0.1, -0.05) is 30.7 Å². The average Bonchev–Trinajstić information content (AvgIpc) is 3.41. The minimum Gasteiger partial charge on any atom is -0.465 e. The van der Waals surface area contributed by atoms with Crippen molar-refractivity contribution in [2.75, 3.05) is 24.7 Å². The molecule has 1 aromatic rings. The van der Waals surface area contributed by atoms with Crippen LogP contribution in [0.3, 0.4) is 0 Å². The molecule has 9 heteroatoms. The predicted molar refractivity (Wildman–Crippen MR) is 145 cm³/mol. The molecule has 3 heterocycles. The molecule has 1 aromatic carbocycles. The summed E-state index contributed by atoms with van der Waals surface area (Å²) in [5.74, 6) is -3.09. The molecule has 38 heavy (non-hydrogen) atoms. The van der Waals surface area contributed by atoms with E-state index in [2.05, 4.69) is 13.2 Å². The molecule has 0 saturated carbocycles. The van der Waals surface area contributed by atoms with Crippen LogP contribution in [0, 0.1) is 17.8 Å². The van der Waals surface area contributed by atoms with Crippen LogP contribution < -0.4 is 4.90 Å². The topological polar surface area (TPSA) is 96.4 Å². The number of amides is 2. The third kappa shape index (κ3) is 4.36. The highest BCUT2D eigenvalue weighted by atomic mass is 35.5. The lowest BCUT2D eigenvalue weighted by Gasteiger charge is -2.38. The third-order valence-corrected chi connectivity index (χ3v) is 8.74. The summed E-state index contributed by atoms with van der Waals surface area (Å²) in [5.41, 5.74) is -1.61. The van der Waals surface area contributed by atoms with E-state index in [1.165, 1.54) is 4.90 Å². The molecule has 2 amide bonds. The summed E-state index contributed by atoms with van der Waals surface area (Å²) in [6.45, 7) is 13.1. The molecule has 206 valence electrons. The molecule has 3 unspecified atom stereocenters. The van der Waals surface area contributed by atoms with Gasteiger partial charge in [0.2, 0.25) is 5.91 Å². The number of hydrogen-bond acceptors (Lipinski definition) is 6. The quantitative estimate of drug-likeness (QED) is 0.259.